The van der Waals surface area contributed by atoms with E-state index in [0.717, 1.165) is 63.4 Å². The summed E-state index contributed by atoms with van der Waals surface area (Å²) in [6.07, 6.45) is 18.7. The smallest absolute Gasteiger partial charge is 0.220 e. The van der Waals surface area contributed by atoms with Gasteiger partial charge in [0, 0.05) is 31.3 Å². The summed E-state index contributed by atoms with van der Waals surface area (Å²) in [7, 11) is 0. The molecule has 1 heterocycles. The third-order valence-corrected chi connectivity index (χ3v) is 7.00. The first kappa shape index (κ1) is 24.7. The second-order valence-electron chi connectivity index (χ2n) is 9.52. The van der Waals surface area contributed by atoms with Crippen molar-refractivity contribution in [2.45, 2.75) is 89.9 Å². The number of fused-ring (bicyclic) bond motifs is 1. The number of aliphatic hydroxyl groups is 2. The third-order valence-electron chi connectivity index (χ3n) is 7.00. The third kappa shape index (κ3) is 7.56. The molecule has 5 nitrogen and oxygen atoms in total. The Labute approximate surface area is 193 Å². The zero-order chi connectivity index (χ0) is 22.8. The van der Waals surface area contributed by atoms with Crippen molar-refractivity contribution in [1.29, 1.82) is 0 Å². The number of hydrogen-bond donors (Lipinski definition) is 3. The molecule has 5 atom stereocenters. The molecule has 2 aliphatic rings. The lowest BCUT2D eigenvalue weighted by Gasteiger charge is -2.19. The predicted octanol–water partition coefficient (Wildman–Crippen LogP) is 4.70. The number of pyridine rings is 1. The normalized spacial score (nSPS) is 25.7. The predicted molar refractivity (Wildman–Crippen MR) is 128 cm³/mol. The molecule has 0 aromatic carbocycles. The average Bonchev–Trinajstić information content (AvgIpc) is 3.31. The van der Waals surface area contributed by atoms with Gasteiger partial charge in [-0.1, -0.05) is 50.0 Å². The van der Waals surface area contributed by atoms with Crippen LogP contribution in [0.3, 0.4) is 0 Å². The maximum Gasteiger partial charge on any atom is 0.220 e. The number of carbonyl (C=O) groups excluding carboxylic acids is 1. The summed E-state index contributed by atoms with van der Waals surface area (Å²) in [6, 6.07) is 3.83. The molecule has 0 saturated heterocycles. The van der Waals surface area contributed by atoms with Gasteiger partial charge in [-0.05, 0) is 68.1 Å². The number of unbranched alkanes of at least 4 members (excludes halogenated alkanes) is 3. The van der Waals surface area contributed by atoms with E-state index in [1.165, 1.54) is 5.57 Å². The number of nitrogens with zero attached hydrogens (tertiary/aromatic N) is 1. The SMILES string of the molecule is CCCCC[C@H](O)/C=C/[C@@H]1[C@H]2CC(CCCCC(=O)NCc3ccncc3)=C[C@H]2C[C@H]1O. The second kappa shape index (κ2) is 12.9. The summed E-state index contributed by atoms with van der Waals surface area (Å²) < 4.78 is 0. The molecule has 0 spiro atoms. The maximum absolute atomic E-state index is 12.1. The van der Waals surface area contributed by atoms with Crippen LogP contribution in [-0.2, 0) is 11.3 Å². The van der Waals surface area contributed by atoms with Crippen molar-refractivity contribution in [3.05, 3.63) is 53.9 Å². The topological polar surface area (TPSA) is 82.5 Å². The van der Waals surface area contributed by atoms with Gasteiger partial charge in [0.2, 0.25) is 5.91 Å². The highest BCUT2D eigenvalue weighted by Gasteiger charge is 2.43. The Bertz CT molecular complexity index is 761. The molecule has 176 valence electrons. The van der Waals surface area contributed by atoms with Crippen LogP contribution < -0.4 is 5.32 Å². The standard InChI is InChI=1S/C27H40N2O3/c1-2-3-4-8-23(30)10-11-24-25-17-21(16-22(25)18-26(24)31)7-5-6-9-27(32)29-19-20-12-14-28-15-13-20/h10-16,22-26,30-31H,2-9,17-19H2,1H3,(H,29,32)/b11-10+/t22-,23-,24+,25-,26+/m0/s1. The van der Waals surface area contributed by atoms with Crippen LogP contribution in [0, 0.1) is 17.8 Å². The van der Waals surface area contributed by atoms with Gasteiger partial charge in [0.15, 0.2) is 0 Å². The molecule has 1 fully saturated rings. The number of nitrogens with one attached hydrogen (secondary N) is 1. The molecule has 32 heavy (non-hydrogen) atoms. The second-order valence-corrected chi connectivity index (χ2v) is 9.52. The van der Waals surface area contributed by atoms with Crippen molar-refractivity contribution in [3.63, 3.8) is 0 Å². The molecule has 1 aromatic rings. The number of allylic oxidation sites excluding steroid dienone is 2. The van der Waals surface area contributed by atoms with Crippen LogP contribution >= 0.6 is 0 Å². The number of amides is 1. The summed E-state index contributed by atoms with van der Waals surface area (Å²) in [5, 5.41) is 23.7. The molecular formula is C27H40N2O3. The lowest BCUT2D eigenvalue weighted by molar-refractivity contribution is -0.121. The molecule has 3 N–H and O–H groups in total. The number of aliphatic hydroxyl groups excluding tert-OH is 2. The fourth-order valence-electron chi connectivity index (χ4n) is 5.17. The summed E-state index contributed by atoms with van der Waals surface area (Å²) in [4.78, 5) is 16.0. The van der Waals surface area contributed by atoms with Gasteiger partial charge < -0.3 is 15.5 Å². The van der Waals surface area contributed by atoms with E-state index in [4.69, 9.17) is 0 Å². The number of carbonyl (C=O) groups is 1. The average molecular weight is 441 g/mol. The Hall–Kier alpha value is -1.98. The highest BCUT2D eigenvalue weighted by atomic mass is 16.3. The van der Waals surface area contributed by atoms with Gasteiger partial charge >= 0.3 is 0 Å². The molecule has 1 aromatic heterocycles. The van der Waals surface area contributed by atoms with Crippen molar-refractivity contribution in [2.75, 3.05) is 0 Å². The lowest BCUT2D eigenvalue weighted by Crippen LogP contribution is -2.22. The van der Waals surface area contributed by atoms with E-state index < -0.39 is 6.10 Å². The molecule has 1 saturated carbocycles. The van der Waals surface area contributed by atoms with Crippen LogP contribution in [0.2, 0.25) is 0 Å². The molecule has 0 unspecified atom stereocenters. The first-order valence-corrected chi connectivity index (χ1v) is 12.5. The molecule has 3 rings (SSSR count). The molecule has 2 aliphatic carbocycles. The minimum Gasteiger partial charge on any atom is -0.392 e. The highest BCUT2D eigenvalue weighted by molar-refractivity contribution is 5.75. The maximum atomic E-state index is 12.1. The van der Waals surface area contributed by atoms with Crippen LogP contribution in [0.25, 0.3) is 0 Å². The lowest BCUT2D eigenvalue weighted by atomic mass is 9.88. The fourth-order valence-corrected chi connectivity index (χ4v) is 5.17. The molecule has 1 amide bonds. The van der Waals surface area contributed by atoms with Crippen LogP contribution in [0.15, 0.2) is 48.3 Å². The molecule has 0 bridgehead atoms. The monoisotopic (exact) mass is 440 g/mol. The van der Waals surface area contributed by atoms with Gasteiger partial charge in [0.1, 0.15) is 0 Å². The van der Waals surface area contributed by atoms with Crippen LogP contribution in [0.1, 0.15) is 76.7 Å². The number of hydrogen-bond acceptors (Lipinski definition) is 4. The molecule has 5 heteroatoms. The van der Waals surface area contributed by atoms with Gasteiger partial charge in [-0.3, -0.25) is 9.78 Å². The zero-order valence-electron chi connectivity index (χ0n) is 19.5. The Balaban J connectivity index is 1.34. The first-order chi connectivity index (χ1) is 15.6. The Morgan fingerprint density at radius 2 is 2.06 bits per heavy atom. The minimum atomic E-state index is -0.397. The van der Waals surface area contributed by atoms with Crippen LogP contribution in [0.4, 0.5) is 0 Å². The zero-order valence-corrected chi connectivity index (χ0v) is 19.5. The fraction of sp³-hybridized carbons (Fsp3) is 0.630. The van der Waals surface area contributed by atoms with Crippen molar-refractivity contribution in [2.24, 2.45) is 17.8 Å². The van der Waals surface area contributed by atoms with E-state index in [9.17, 15) is 15.0 Å². The molecule has 0 aliphatic heterocycles. The summed E-state index contributed by atoms with van der Waals surface area (Å²) >= 11 is 0. The van der Waals surface area contributed by atoms with Gasteiger partial charge in [-0.15, -0.1) is 0 Å². The van der Waals surface area contributed by atoms with Crippen molar-refractivity contribution >= 4 is 5.91 Å². The highest BCUT2D eigenvalue weighted by Crippen LogP contribution is 2.48. The van der Waals surface area contributed by atoms with Crippen molar-refractivity contribution in [1.82, 2.24) is 10.3 Å². The van der Waals surface area contributed by atoms with Gasteiger partial charge in [0.05, 0.1) is 12.2 Å². The van der Waals surface area contributed by atoms with E-state index in [-0.39, 0.29) is 17.9 Å². The Kier molecular flexibility index (Phi) is 9.94. The van der Waals surface area contributed by atoms with E-state index in [1.54, 1.807) is 12.4 Å². The largest absolute Gasteiger partial charge is 0.392 e. The van der Waals surface area contributed by atoms with Gasteiger partial charge in [-0.25, -0.2) is 0 Å². The van der Waals surface area contributed by atoms with E-state index in [1.807, 2.05) is 18.2 Å². The quantitative estimate of drug-likeness (QED) is 0.307. The molecule has 0 radical (unpaired) electrons. The van der Waals surface area contributed by atoms with Gasteiger partial charge in [-0.2, -0.15) is 0 Å². The van der Waals surface area contributed by atoms with Crippen LogP contribution in [-0.4, -0.2) is 33.3 Å². The Morgan fingerprint density at radius 1 is 1.25 bits per heavy atom. The summed E-state index contributed by atoms with van der Waals surface area (Å²) in [5.41, 5.74) is 2.54. The van der Waals surface area contributed by atoms with E-state index in [2.05, 4.69) is 29.4 Å². The summed E-state index contributed by atoms with van der Waals surface area (Å²) in [6.45, 7) is 2.72. The molecular weight excluding hydrogens is 400 g/mol. The van der Waals surface area contributed by atoms with E-state index in [0.29, 0.717) is 24.8 Å². The van der Waals surface area contributed by atoms with E-state index >= 15 is 0 Å². The summed E-state index contributed by atoms with van der Waals surface area (Å²) in [5.74, 6) is 1.16. The number of aromatic nitrogens is 1. The Morgan fingerprint density at radius 3 is 2.84 bits per heavy atom. The minimum absolute atomic E-state index is 0.102. The van der Waals surface area contributed by atoms with Gasteiger partial charge in [0.25, 0.3) is 0 Å². The first-order valence-electron chi connectivity index (χ1n) is 12.5. The number of rotatable bonds is 13. The van der Waals surface area contributed by atoms with Crippen molar-refractivity contribution in [3.8, 4) is 0 Å². The van der Waals surface area contributed by atoms with Crippen molar-refractivity contribution < 1.29 is 15.0 Å². The van der Waals surface area contributed by atoms with Crippen LogP contribution in [0.5, 0.6) is 0 Å².